The average molecular weight is 223 g/mol. The van der Waals surface area contributed by atoms with E-state index in [-0.39, 0.29) is 5.54 Å². The van der Waals surface area contributed by atoms with E-state index in [0.29, 0.717) is 21.8 Å². The predicted molar refractivity (Wildman–Crippen MR) is 70.5 cm³/mol. The molecule has 1 heterocycles. The summed E-state index contributed by atoms with van der Waals surface area (Å²) >= 11 is 0. The molecular formula is C15H29N. The summed E-state index contributed by atoms with van der Waals surface area (Å²) in [4.78, 5) is 2.62. The molecule has 0 radical (unpaired) electrons. The van der Waals surface area contributed by atoms with Gasteiger partial charge in [-0.25, -0.2) is 0 Å². The molecule has 2 atom stereocenters. The molecule has 0 aromatic heterocycles. The molecule has 0 bridgehead atoms. The molecule has 2 aliphatic rings. The first-order chi connectivity index (χ1) is 6.86. The molecule has 94 valence electrons. The van der Waals surface area contributed by atoms with Gasteiger partial charge in [0.05, 0.1) is 0 Å². The number of hydrogen-bond acceptors (Lipinski definition) is 1. The zero-order chi connectivity index (χ0) is 12.8. The van der Waals surface area contributed by atoms with E-state index in [2.05, 4.69) is 67.3 Å². The van der Waals surface area contributed by atoms with Gasteiger partial charge in [-0.1, -0.05) is 27.7 Å². The van der Waals surface area contributed by atoms with Gasteiger partial charge in [0, 0.05) is 11.1 Å². The third-order valence-corrected chi connectivity index (χ3v) is 7.74. The highest BCUT2D eigenvalue weighted by molar-refractivity contribution is 5.31. The quantitative estimate of drug-likeness (QED) is 0.601. The van der Waals surface area contributed by atoms with Gasteiger partial charge in [-0.05, 0) is 57.4 Å². The molecule has 0 N–H and O–H groups in total. The van der Waals surface area contributed by atoms with Gasteiger partial charge in [-0.3, -0.25) is 4.90 Å². The van der Waals surface area contributed by atoms with Crippen molar-refractivity contribution in [2.75, 3.05) is 7.05 Å². The van der Waals surface area contributed by atoms with Crippen LogP contribution in [-0.2, 0) is 0 Å². The lowest BCUT2D eigenvalue weighted by Gasteiger charge is -2.64. The summed E-state index contributed by atoms with van der Waals surface area (Å²) in [5, 5.41) is 0. The third kappa shape index (κ3) is 0.868. The van der Waals surface area contributed by atoms with Crippen LogP contribution in [0.4, 0.5) is 0 Å². The molecule has 0 aromatic rings. The highest BCUT2D eigenvalue weighted by Crippen LogP contribution is 2.81. The number of rotatable bonds is 0. The van der Waals surface area contributed by atoms with Crippen molar-refractivity contribution in [2.24, 2.45) is 16.2 Å². The van der Waals surface area contributed by atoms with Crippen LogP contribution in [0.5, 0.6) is 0 Å². The van der Waals surface area contributed by atoms with Gasteiger partial charge in [-0.15, -0.1) is 0 Å². The molecule has 2 fully saturated rings. The first-order valence-corrected chi connectivity index (χ1v) is 6.60. The Morgan fingerprint density at radius 3 is 1.56 bits per heavy atom. The average Bonchev–Trinajstić information content (AvgIpc) is 2.70. The summed E-state index contributed by atoms with van der Waals surface area (Å²) in [6, 6.07) is 0. The van der Waals surface area contributed by atoms with Gasteiger partial charge in [0.2, 0.25) is 0 Å². The summed E-state index contributed by atoms with van der Waals surface area (Å²) in [5.41, 5.74) is 1.86. The maximum atomic E-state index is 2.62. The van der Waals surface area contributed by atoms with Crippen LogP contribution in [0.2, 0.25) is 0 Å². The molecule has 0 aromatic carbocycles. The second kappa shape index (κ2) is 2.53. The number of likely N-dealkylation sites (tertiary alicyclic amines) is 1. The van der Waals surface area contributed by atoms with Crippen LogP contribution in [0.15, 0.2) is 0 Å². The van der Waals surface area contributed by atoms with Gasteiger partial charge >= 0.3 is 0 Å². The third-order valence-electron chi connectivity index (χ3n) is 7.74. The number of nitrogens with zero attached hydrogens (tertiary/aromatic N) is 1. The normalized spacial score (nSPS) is 48.6. The minimum atomic E-state index is 0.251. The van der Waals surface area contributed by atoms with Crippen LogP contribution < -0.4 is 0 Å². The van der Waals surface area contributed by atoms with E-state index in [1.54, 1.807) is 0 Å². The van der Waals surface area contributed by atoms with Gasteiger partial charge < -0.3 is 0 Å². The number of hydrogen-bond donors (Lipinski definition) is 0. The molecule has 1 saturated heterocycles. The fourth-order valence-electron chi connectivity index (χ4n) is 4.63. The van der Waals surface area contributed by atoms with Gasteiger partial charge in [0.1, 0.15) is 0 Å². The standard InChI is InChI=1S/C15H29N/c1-11(2)12(3,4)16(9)13(5,6)15(8)10-14(11,15)7/h10H2,1-9H3. The Bertz CT molecular complexity index is 330. The lowest BCUT2D eigenvalue weighted by atomic mass is 9.54. The van der Waals surface area contributed by atoms with Gasteiger partial charge in [0.25, 0.3) is 0 Å². The molecule has 1 nitrogen and oxygen atoms in total. The Hall–Kier alpha value is -0.0400. The highest BCUT2D eigenvalue weighted by atomic mass is 15.3. The topological polar surface area (TPSA) is 3.24 Å². The Kier molecular flexibility index (Phi) is 1.96. The largest absolute Gasteiger partial charge is 0.295 e. The fraction of sp³-hybridized carbons (Fsp3) is 1.00. The van der Waals surface area contributed by atoms with Crippen molar-refractivity contribution < 1.29 is 0 Å². The summed E-state index contributed by atoms with van der Waals surface area (Å²) in [6.45, 7) is 19.6. The summed E-state index contributed by atoms with van der Waals surface area (Å²) in [5.74, 6) is 0. The second-order valence-corrected chi connectivity index (χ2v) is 8.14. The number of fused-ring (bicyclic) bond motifs is 1. The summed E-state index contributed by atoms with van der Waals surface area (Å²) < 4.78 is 0. The van der Waals surface area contributed by atoms with Crippen molar-refractivity contribution >= 4 is 0 Å². The van der Waals surface area contributed by atoms with E-state index in [1.165, 1.54) is 6.42 Å². The monoisotopic (exact) mass is 223 g/mol. The minimum absolute atomic E-state index is 0.251. The first-order valence-electron chi connectivity index (χ1n) is 6.60. The van der Waals surface area contributed by atoms with Crippen molar-refractivity contribution in [3.63, 3.8) is 0 Å². The van der Waals surface area contributed by atoms with Crippen LogP contribution in [0.3, 0.4) is 0 Å². The summed E-state index contributed by atoms with van der Waals surface area (Å²) in [6.07, 6.45) is 1.37. The molecular weight excluding hydrogens is 194 g/mol. The zero-order valence-corrected chi connectivity index (χ0v) is 12.7. The van der Waals surface area contributed by atoms with E-state index >= 15 is 0 Å². The van der Waals surface area contributed by atoms with Crippen molar-refractivity contribution in [1.82, 2.24) is 4.90 Å². The van der Waals surface area contributed by atoms with Crippen LogP contribution >= 0.6 is 0 Å². The first kappa shape index (κ1) is 12.4. The predicted octanol–water partition coefficient (Wildman–Crippen LogP) is 3.93. The lowest BCUT2D eigenvalue weighted by molar-refractivity contribution is -0.151. The van der Waals surface area contributed by atoms with Crippen LogP contribution in [0.25, 0.3) is 0 Å². The maximum absolute atomic E-state index is 2.62. The Balaban J connectivity index is 2.61. The Labute approximate surface area is 102 Å². The Morgan fingerprint density at radius 2 is 1.12 bits per heavy atom. The van der Waals surface area contributed by atoms with Crippen molar-refractivity contribution in [3.05, 3.63) is 0 Å². The maximum Gasteiger partial charge on any atom is 0.0214 e. The molecule has 1 aliphatic carbocycles. The molecule has 0 spiro atoms. The lowest BCUT2D eigenvalue weighted by Crippen LogP contribution is -2.69. The van der Waals surface area contributed by atoms with E-state index in [1.807, 2.05) is 0 Å². The molecule has 2 unspecified atom stereocenters. The van der Waals surface area contributed by atoms with E-state index < -0.39 is 0 Å². The van der Waals surface area contributed by atoms with Crippen LogP contribution in [0.1, 0.15) is 61.8 Å². The van der Waals surface area contributed by atoms with Crippen molar-refractivity contribution in [2.45, 2.75) is 72.9 Å². The molecule has 1 aliphatic heterocycles. The van der Waals surface area contributed by atoms with Crippen LogP contribution in [0, 0.1) is 16.2 Å². The van der Waals surface area contributed by atoms with E-state index in [0.717, 1.165) is 0 Å². The van der Waals surface area contributed by atoms with Gasteiger partial charge in [-0.2, -0.15) is 0 Å². The SMILES string of the molecule is CN1C(C)(C)C(C)(C)C2(C)CC2(C)C1(C)C. The van der Waals surface area contributed by atoms with E-state index in [9.17, 15) is 0 Å². The van der Waals surface area contributed by atoms with Crippen molar-refractivity contribution in [1.29, 1.82) is 0 Å². The zero-order valence-electron chi connectivity index (χ0n) is 12.7. The molecule has 0 amide bonds. The molecule has 2 rings (SSSR count). The molecule has 1 saturated carbocycles. The smallest absolute Gasteiger partial charge is 0.0214 e. The molecule has 1 heteroatoms. The van der Waals surface area contributed by atoms with Gasteiger partial charge in [0.15, 0.2) is 0 Å². The van der Waals surface area contributed by atoms with E-state index in [4.69, 9.17) is 0 Å². The Morgan fingerprint density at radius 1 is 0.688 bits per heavy atom. The van der Waals surface area contributed by atoms with Crippen molar-refractivity contribution in [3.8, 4) is 0 Å². The minimum Gasteiger partial charge on any atom is -0.295 e. The van der Waals surface area contributed by atoms with Crippen LogP contribution in [-0.4, -0.2) is 23.0 Å². The fourth-order valence-corrected chi connectivity index (χ4v) is 4.63. The summed E-state index contributed by atoms with van der Waals surface area (Å²) in [7, 11) is 2.31. The second-order valence-electron chi connectivity index (χ2n) is 8.14. The number of piperidine rings is 1. The molecule has 16 heavy (non-hydrogen) atoms. The highest BCUT2D eigenvalue weighted by Gasteiger charge is 2.80.